The minimum Gasteiger partial charge on any atom is -0.380 e. The van der Waals surface area contributed by atoms with E-state index in [0.717, 1.165) is 44.8 Å². The number of morpholine rings is 1. The maximum absolute atomic E-state index is 12.0. The maximum Gasteiger partial charge on any atom is 0.251 e. The van der Waals surface area contributed by atoms with E-state index in [0.29, 0.717) is 18.7 Å². The molecule has 1 N–H and O–H groups in total. The zero-order valence-corrected chi connectivity index (χ0v) is 12.6. The number of rotatable bonds is 7. The summed E-state index contributed by atoms with van der Waals surface area (Å²) in [6.07, 6.45) is 0.966. The van der Waals surface area contributed by atoms with E-state index in [1.54, 1.807) is 7.11 Å². The molecule has 0 spiro atoms. The highest BCUT2D eigenvalue weighted by atomic mass is 16.5. The summed E-state index contributed by atoms with van der Waals surface area (Å²) in [6, 6.07) is 7.52. The van der Waals surface area contributed by atoms with Gasteiger partial charge in [0.1, 0.15) is 0 Å². The summed E-state index contributed by atoms with van der Waals surface area (Å²) < 4.78 is 10.4. The molecular weight excluding hydrogens is 268 g/mol. The van der Waals surface area contributed by atoms with E-state index in [1.165, 1.54) is 0 Å². The third-order valence-electron chi connectivity index (χ3n) is 3.57. The number of nitrogens with one attached hydrogen (secondary N) is 1. The third kappa shape index (κ3) is 5.46. The molecule has 0 atom stereocenters. The quantitative estimate of drug-likeness (QED) is 0.769. The second-order valence-corrected chi connectivity index (χ2v) is 5.19. The molecule has 1 aliphatic rings. The molecule has 1 aliphatic heterocycles. The zero-order valence-electron chi connectivity index (χ0n) is 12.6. The molecule has 1 saturated heterocycles. The lowest BCUT2D eigenvalue weighted by atomic mass is 10.1. The molecule has 0 unspecified atom stereocenters. The van der Waals surface area contributed by atoms with Gasteiger partial charge in [-0.25, -0.2) is 0 Å². The van der Waals surface area contributed by atoms with Crippen LogP contribution in [-0.2, 0) is 16.1 Å². The number of carbonyl (C=O) groups is 1. The Morgan fingerprint density at radius 1 is 1.29 bits per heavy atom. The molecular formula is C16H24N2O3. The van der Waals surface area contributed by atoms with Gasteiger partial charge in [-0.15, -0.1) is 0 Å². The average Bonchev–Trinajstić information content (AvgIpc) is 2.53. The number of ether oxygens (including phenoxy) is 2. The van der Waals surface area contributed by atoms with E-state index in [-0.39, 0.29) is 5.91 Å². The fourth-order valence-electron chi connectivity index (χ4n) is 2.35. The summed E-state index contributed by atoms with van der Waals surface area (Å²) in [5.74, 6) is -0.0130. The molecule has 1 aromatic carbocycles. The molecule has 0 bridgehead atoms. The fourth-order valence-corrected chi connectivity index (χ4v) is 2.35. The van der Waals surface area contributed by atoms with Crippen molar-refractivity contribution in [3.8, 4) is 0 Å². The number of hydrogen-bond acceptors (Lipinski definition) is 4. The van der Waals surface area contributed by atoms with Crippen molar-refractivity contribution in [2.45, 2.75) is 13.0 Å². The van der Waals surface area contributed by atoms with Gasteiger partial charge in [0.25, 0.3) is 5.91 Å². The normalized spacial score (nSPS) is 15.9. The lowest BCUT2D eigenvalue weighted by Gasteiger charge is -2.26. The van der Waals surface area contributed by atoms with Gasteiger partial charge in [-0.3, -0.25) is 9.69 Å². The van der Waals surface area contributed by atoms with Gasteiger partial charge in [0.15, 0.2) is 0 Å². The van der Waals surface area contributed by atoms with E-state index in [1.807, 2.05) is 24.3 Å². The molecule has 0 aliphatic carbocycles. The van der Waals surface area contributed by atoms with Crippen LogP contribution in [0.3, 0.4) is 0 Å². The molecule has 116 valence electrons. The Kier molecular flexibility index (Phi) is 6.66. The Morgan fingerprint density at radius 3 is 2.67 bits per heavy atom. The van der Waals surface area contributed by atoms with E-state index < -0.39 is 0 Å². The van der Waals surface area contributed by atoms with Gasteiger partial charge in [-0.05, 0) is 30.7 Å². The van der Waals surface area contributed by atoms with E-state index in [2.05, 4.69) is 10.2 Å². The predicted molar refractivity (Wildman–Crippen MR) is 81.4 cm³/mol. The van der Waals surface area contributed by atoms with Gasteiger partial charge in [0.05, 0.1) is 19.8 Å². The summed E-state index contributed by atoms with van der Waals surface area (Å²) >= 11 is 0. The largest absolute Gasteiger partial charge is 0.380 e. The first-order chi connectivity index (χ1) is 10.3. The highest BCUT2D eigenvalue weighted by molar-refractivity contribution is 5.94. The first kappa shape index (κ1) is 15.9. The maximum atomic E-state index is 12.0. The lowest BCUT2D eigenvalue weighted by molar-refractivity contribution is 0.0374. The van der Waals surface area contributed by atoms with Gasteiger partial charge >= 0.3 is 0 Å². The zero-order chi connectivity index (χ0) is 14.9. The van der Waals surface area contributed by atoms with E-state index >= 15 is 0 Å². The predicted octanol–water partition coefficient (Wildman–Crippen LogP) is 1.29. The molecule has 0 aromatic heterocycles. The Hall–Kier alpha value is -1.43. The van der Waals surface area contributed by atoms with Crippen LogP contribution < -0.4 is 5.32 Å². The monoisotopic (exact) mass is 292 g/mol. The highest BCUT2D eigenvalue weighted by Gasteiger charge is 2.10. The Labute approximate surface area is 126 Å². The van der Waals surface area contributed by atoms with Gasteiger partial charge in [0.2, 0.25) is 0 Å². The number of methoxy groups -OCH3 is 1. The van der Waals surface area contributed by atoms with Gasteiger partial charge in [0, 0.05) is 32.3 Å². The van der Waals surface area contributed by atoms with Gasteiger partial charge < -0.3 is 14.8 Å². The van der Waals surface area contributed by atoms with Crippen LogP contribution in [0.1, 0.15) is 22.3 Å². The van der Waals surface area contributed by atoms with Crippen LogP contribution >= 0.6 is 0 Å². The summed E-state index contributed by atoms with van der Waals surface area (Å²) in [6.45, 7) is 5.91. The minimum absolute atomic E-state index is 0.0130. The number of nitrogens with zero attached hydrogens (tertiary/aromatic N) is 1. The van der Waals surface area contributed by atoms with Crippen LogP contribution in [0.5, 0.6) is 0 Å². The molecule has 1 heterocycles. The van der Waals surface area contributed by atoms with Crippen molar-refractivity contribution >= 4 is 5.91 Å². The molecule has 1 aromatic rings. The van der Waals surface area contributed by atoms with Crippen LogP contribution in [0, 0.1) is 0 Å². The second kappa shape index (κ2) is 8.77. The summed E-state index contributed by atoms with van der Waals surface area (Å²) in [4.78, 5) is 14.4. The van der Waals surface area contributed by atoms with Crippen molar-refractivity contribution < 1.29 is 14.3 Å². The van der Waals surface area contributed by atoms with Gasteiger partial charge in [-0.1, -0.05) is 12.1 Å². The van der Waals surface area contributed by atoms with E-state index in [9.17, 15) is 4.79 Å². The van der Waals surface area contributed by atoms with Gasteiger partial charge in [-0.2, -0.15) is 0 Å². The van der Waals surface area contributed by atoms with Crippen LogP contribution in [-0.4, -0.2) is 57.3 Å². The first-order valence-corrected chi connectivity index (χ1v) is 7.46. The van der Waals surface area contributed by atoms with Crippen molar-refractivity contribution in [2.24, 2.45) is 0 Å². The third-order valence-corrected chi connectivity index (χ3v) is 3.57. The molecule has 21 heavy (non-hydrogen) atoms. The number of amides is 1. The smallest absolute Gasteiger partial charge is 0.251 e. The Balaban J connectivity index is 1.66. The van der Waals surface area contributed by atoms with Crippen LogP contribution in [0.4, 0.5) is 0 Å². The molecule has 0 saturated carbocycles. The lowest BCUT2D eigenvalue weighted by Crippen LogP contribution is -2.38. The SMILES string of the molecule is COCc1ccc(C(=O)NCCCN2CCOCC2)cc1. The summed E-state index contributed by atoms with van der Waals surface area (Å²) in [5, 5.41) is 2.96. The first-order valence-electron chi connectivity index (χ1n) is 7.46. The molecule has 2 rings (SSSR count). The van der Waals surface area contributed by atoms with Crippen molar-refractivity contribution in [3.05, 3.63) is 35.4 Å². The van der Waals surface area contributed by atoms with E-state index in [4.69, 9.17) is 9.47 Å². The highest BCUT2D eigenvalue weighted by Crippen LogP contribution is 2.05. The summed E-state index contributed by atoms with van der Waals surface area (Å²) in [5.41, 5.74) is 1.77. The van der Waals surface area contributed by atoms with Crippen molar-refractivity contribution in [2.75, 3.05) is 46.5 Å². The second-order valence-electron chi connectivity index (χ2n) is 5.19. The Morgan fingerprint density at radius 2 is 2.00 bits per heavy atom. The molecule has 0 radical (unpaired) electrons. The summed E-state index contributed by atoms with van der Waals surface area (Å²) in [7, 11) is 1.66. The number of carbonyl (C=O) groups excluding carboxylic acids is 1. The minimum atomic E-state index is -0.0130. The standard InChI is InChI=1S/C16H24N2O3/c1-20-13-14-3-5-15(6-4-14)16(19)17-7-2-8-18-9-11-21-12-10-18/h3-6H,2,7-13H2,1H3,(H,17,19). The Bertz CT molecular complexity index is 428. The molecule has 5 nitrogen and oxygen atoms in total. The van der Waals surface area contributed by atoms with Crippen LogP contribution in [0.25, 0.3) is 0 Å². The number of hydrogen-bond donors (Lipinski definition) is 1. The number of benzene rings is 1. The van der Waals surface area contributed by atoms with Crippen molar-refractivity contribution in [1.29, 1.82) is 0 Å². The van der Waals surface area contributed by atoms with Crippen LogP contribution in [0.2, 0.25) is 0 Å². The topological polar surface area (TPSA) is 50.8 Å². The van der Waals surface area contributed by atoms with Crippen molar-refractivity contribution in [3.63, 3.8) is 0 Å². The molecule has 5 heteroatoms. The average molecular weight is 292 g/mol. The van der Waals surface area contributed by atoms with Crippen LogP contribution in [0.15, 0.2) is 24.3 Å². The fraction of sp³-hybridized carbons (Fsp3) is 0.562. The molecule has 1 fully saturated rings. The van der Waals surface area contributed by atoms with Crippen molar-refractivity contribution in [1.82, 2.24) is 10.2 Å². The molecule has 1 amide bonds.